The number of carbonyl (C=O) groups is 1. The normalized spacial score (nSPS) is 9.93. The van der Waals surface area contributed by atoms with Crippen LogP contribution in [-0.4, -0.2) is 11.8 Å². The lowest BCUT2D eigenvalue weighted by Crippen LogP contribution is -2.01. The number of hydrogen-bond acceptors (Lipinski definition) is 2. The monoisotopic (exact) mass is 212 g/mol. The molecule has 0 aliphatic carbocycles. The van der Waals surface area contributed by atoms with E-state index in [-0.39, 0.29) is 0 Å². The van der Waals surface area contributed by atoms with Gasteiger partial charge < -0.3 is 4.74 Å². The SMILES string of the molecule is CCCOc1cc(C)ccc1C(=O)Cl. The first-order chi connectivity index (χ1) is 6.65. The molecule has 0 fully saturated rings. The van der Waals surface area contributed by atoms with Gasteiger partial charge in [0.05, 0.1) is 12.2 Å². The third-order valence-corrected chi connectivity index (χ3v) is 2.01. The van der Waals surface area contributed by atoms with Crippen molar-refractivity contribution in [2.24, 2.45) is 0 Å². The number of halogens is 1. The van der Waals surface area contributed by atoms with Gasteiger partial charge in [0.15, 0.2) is 0 Å². The van der Waals surface area contributed by atoms with Gasteiger partial charge in [-0.1, -0.05) is 13.0 Å². The number of aryl methyl sites for hydroxylation is 1. The molecule has 0 aromatic heterocycles. The third-order valence-electron chi connectivity index (χ3n) is 1.81. The molecular formula is C11H13ClO2. The van der Waals surface area contributed by atoms with Crippen molar-refractivity contribution < 1.29 is 9.53 Å². The van der Waals surface area contributed by atoms with Crippen LogP contribution in [-0.2, 0) is 0 Å². The van der Waals surface area contributed by atoms with Crippen molar-refractivity contribution in [3.63, 3.8) is 0 Å². The zero-order chi connectivity index (χ0) is 10.6. The molecule has 0 bridgehead atoms. The molecule has 0 N–H and O–H groups in total. The first-order valence-corrected chi connectivity index (χ1v) is 4.96. The predicted octanol–water partition coefficient (Wildman–Crippen LogP) is 3.16. The molecule has 0 spiro atoms. The lowest BCUT2D eigenvalue weighted by atomic mass is 10.1. The van der Waals surface area contributed by atoms with Crippen LogP contribution in [0.15, 0.2) is 18.2 Å². The minimum Gasteiger partial charge on any atom is -0.493 e. The van der Waals surface area contributed by atoms with E-state index in [2.05, 4.69) is 0 Å². The fraction of sp³-hybridized carbons (Fsp3) is 0.364. The molecule has 1 aromatic rings. The highest BCUT2D eigenvalue weighted by Gasteiger charge is 2.09. The molecule has 0 aliphatic rings. The zero-order valence-electron chi connectivity index (χ0n) is 8.34. The van der Waals surface area contributed by atoms with Gasteiger partial charge in [0.2, 0.25) is 0 Å². The second-order valence-corrected chi connectivity index (χ2v) is 3.47. The van der Waals surface area contributed by atoms with E-state index in [0.717, 1.165) is 12.0 Å². The van der Waals surface area contributed by atoms with Crippen LogP contribution >= 0.6 is 11.6 Å². The van der Waals surface area contributed by atoms with Crippen molar-refractivity contribution in [2.45, 2.75) is 20.3 Å². The number of ether oxygens (including phenoxy) is 1. The maximum atomic E-state index is 11.0. The standard InChI is InChI=1S/C11H13ClO2/c1-3-6-14-10-7-8(2)4-5-9(10)11(12)13/h4-5,7H,3,6H2,1-2H3. The lowest BCUT2D eigenvalue weighted by molar-refractivity contribution is 0.107. The Morgan fingerprint density at radius 2 is 2.21 bits per heavy atom. The van der Waals surface area contributed by atoms with Gasteiger partial charge in [-0.25, -0.2) is 0 Å². The molecule has 0 heterocycles. The topological polar surface area (TPSA) is 26.3 Å². The van der Waals surface area contributed by atoms with Gasteiger partial charge in [-0.15, -0.1) is 0 Å². The molecule has 0 radical (unpaired) electrons. The van der Waals surface area contributed by atoms with Gasteiger partial charge in [0, 0.05) is 0 Å². The second kappa shape index (κ2) is 5.01. The fourth-order valence-corrected chi connectivity index (χ4v) is 1.28. The molecule has 1 rings (SSSR count). The Morgan fingerprint density at radius 1 is 1.50 bits per heavy atom. The van der Waals surface area contributed by atoms with E-state index in [1.165, 1.54) is 0 Å². The summed E-state index contributed by atoms with van der Waals surface area (Å²) < 4.78 is 5.42. The summed E-state index contributed by atoms with van der Waals surface area (Å²) in [6, 6.07) is 5.36. The van der Waals surface area contributed by atoms with E-state index in [1.54, 1.807) is 6.07 Å². The van der Waals surface area contributed by atoms with Crippen molar-refractivity contribution in [3.8, 4) is 5.75 Å². The van der Waals surface area contributed by atoms with E-state index in [9.17, 15) is 4.79 Å². The molecule has 0 saturated heterocycles. The maximum absolute atomic E-state index is 11.0. The van der Waals surface area contributed by atoms with Crippen LogP contribution in [0, 0.1) is 6.92 Å². The molecule has 3 heteroatoms. The Balaban J connectivity index is 2.97. The average molecular weight is 213 g/mol. The quantitative estimate of drug-likeness (QED) is 0.717. The van der Waals surface area contributed by atoms with E-state index in [1.807, 2.05) is 26.0 Å². The number of benzene rings is 1. The fourth-order valence-electron chi connectivity index (χ4n) is 1.12. The van der Waals surface area contributed by atoms with Gasteiger partial charge in [-0.05, 0) is 42.6 Å². The van der Waals surface area contributed by atoms with E-state index < -0.39 is 5.24 Å². The van der Waals surface area contributed by atoms with Crippen LogP contribution in [0.5, 0.6) is 5.75 Å². The molecule has 0 saturated carbocycles. The lowest BCUT2D eigenvalue weighted by Gasteiger charge is -2.08. The Labute approximate surface area is 88.8 Å². The van der Waals surface area contributed by atoms with Crippen LogP contribution < -0.4 is 4.74 Å². The Kier molecular flexibility index (Phi) is 3.96. The summed E-state index contributed by atoms with van der Waals surface area (Å²) >= 11 is 5.42. The van der Waals surface area contributed by atoms with Gasteiger partial charge in [0.1, 0.15) is 5.75 Å². The molecular weight excluding hydrogens is 200 g/mol. The molecule has 2 nitrogen and oxygen atoms in total. The summed E-state index contributed by atoms with van der Waals surface area (Å²) in [4.78, 5) is 11.0. The van der Waals surface area contributed by atoms with Crippen LogP contribution in [0.2, 0.25) is 0 Å². The molecule has 0 amide bonds. The summed E-state index contributed by atoms with van der Waals surface area (Å²) in [6.07, 6.45) is 0.907. The van der Waals surface area contributed by atoms with Crippen molar-refractivity contribution in [2.75, 3.05) is 6.61 Å². The first-order valence-electron chi connectivity index (χ1n) is 4.58. The molecule has 14 heavy (non-hydrogen) atoms. The first kappa shape index (κ1) is 11.1. The molecule has 0 aliphatic heterocycles. The highest BCUT2D eigenvalue weighted by Crippen LogP contribution is 2.22. The minimum atomic E-state index is -0.476. The maximum Gasteiger partial charge on any atom is 0.256 e. The second-order valence-electron chi connectivity index (χ2n) is 3.12. The minimum absolute atomic E-state index is 0.436. The number of carbonyl (C=O) groups excluding carboxylic acids is 1. The van der Waals surface area contributed by atoms with Crippen LogP contribution in [0.3, 0.4) is 0 Å². The number of rotatable bonds is 4. The molecule has 1 aromatic carbocycles. The summed E-state index contributed by atoms with van der Waals surface area (Å²) in [5.41, 5.74) is 1.49. The highest BCUT2D eigenvalue weighted by molar-refractivity contribution is 6.68. The highest BCUT2D eigenvalue weighted by atomic mass is 35.5. The van der Waals surface area contributed by atoms with Crippen LogP contribution in [0.4, 0.5) is 0 Å². The van der Waals surface area contributed by atoms with E-state index >= 15 is 0 Å². The van der Waals surface area contributed by atoms with Crippen molar-refractivity contribution >= 4 is 16.8 Å². The molecule has 0 atom stereocenters. The summed E-state index contributed by atoms with van der Waals surface area (Å²) in [5, 5.41) is -0.476. The van der Waals surface area contributed by atoms with Gasteiger partial charge in [0.25, 0.3) is 5.24 Å². The summed E-state index contributed by atoms with van der Waals surface area (Å²) in [5.74, 6) is 0.576. The van der Waals surface area contributed by atoms with Gasteiger partial charge in [-0.3, -0.25) is 4.79 Å². The Hall–Kier alpha value is -1.02. The molecule has 0 unspecified atom stereocenters. The smallest absolute Gasteiger partial charge is 0.256 e. The van der Waals surface area contributed by atoms with Crippen LogP contribution in [0.25, 0.3) is 0 Å². The van der Waals surface area contributed by atoms with Gasteiger partial charge >= 0.3 is 0 Å². The number of hydrogen-bond donors (Lipinski definition) is 0. The predicted molar refractivity (Wildman–Crippen MR) is 57.1 cm³/mol. The third kappa shape index (κ3) is 2.74. The Bertz CT molecular complexity index is 334. The van der Waals surface area contributed by atoms with E-state index in [4.69, 9.17) is 16.3 Å². The Morgan fingerprint density at radius 3 is 2.79 bits per heavy atom. The summed E-state index contributed by atoms with van der Waals surface area (Å²) in [7, 11) is 0. The molecule has 76 valence electrons. The largest absolute Gasteiger partial charge is 0.493 e. The average Bonchev–Trinajstić information content (AvgIpc) is 2.14. The summed E-state index contributed by atoms with van der Waals surface area (Å²) in [6.45, 7) is 4.56. The van der Waals surface area contributed by atoms with Crippen molar-refractivity contribution in [1.29, 1.82) is 0 Å². The zero-order valence-corrected chi connectivity index (χ0v) is 9.10. The van der Waals surface area contributed by atoms with E-state index in [0.29, 0.717) is 17.9 Å². The van der Waals surface area contributed by atoms with Gasteiger partial charge in [-0.2, -0.15) is 0 Å². The van der Waals surface area contributed by atoms with Crippen molar-refractivity contribution in [1.82, 2.24) is 0 Å². The van der Waals surface area contributed by atoms with Crippen LogP contribution in [0.1, 0.15) is 29.3 Å². The van der Waals surface area contributed by atoms with Crippen molar-refractivity contribution in [3.05, 3.63) is 29.3 Å².